The van der Waals surface area contributed by atoms with Crippen LogP contribution in [-0.4, -0.2) is 36.0 Å². The number of benzene rings is 1. The molecular formula is C15H12FN3O4S. The molecule has 124 valence electrons. The number of hydrogen-bond donors (Lipinski definition) is 1. The first-order valence-electron chi connectivity index (χ1n) is 6.88. The maximum absolute atomic E-state index is 13.1. The predicted octanol–water partition coefficient (Wildman–Crippen LogP) is 0.821. The Bertz CT molecular complexity index is 885. The smallest absolute Gasteiger partial charge is 0.270 e. The molecule has 1 fully saturated rings. The molecule has 1 N–H and O–H groups in total. The Morgan fingerprint density at radius 3 is 2.42 bits per heavy atom. The zero-order valence-corrected chi connectivity index (χ0v) is 13.0. The minimum atomic E-state index is -3.85. The van der Waals surface area contributed by atoms with Gasteiger partial charge in [0.2, 0.25) is 0 Å². The molecular weight excluding hydrogens is 337 g/mol. The summed E-state index contributed by atoms with van der Waals surface area (Å²) >= 11 is 0. The van der Waals surface area contributed by atoms with Crippen LogP contribution in [0.3, 0.4) is 0 Å². The average Bonchev–Trinajstić information content (AvgIpc) is 2.78. The third kappa shape index (κ3) is 2.98. The van der Waals surface area contributed by atoms with E-state index >= 15 is 0 Å². The molecule has 9 heteroatoms. The molecule has 0 bridgehead atoms. The Hall–Kier alpha value is -2.81. The molecule has 1 aliphatic heterocycles. The number of carbonyl (C=O) groups is 2. The van der Waals surface area contributed by atoms with E-state index in [1.807, 2.05) is 0 Å². The highest BCUT2D eigenvalue weighted by Crippen LogP contribution is 2.32. The van der Waals surface area contributed by atoms with Gasteiger partial charge < -0.3 is 0 Å². The first-order chi connectivity index (χ1) is 11.4. The topological polar surface area (TPSA) is 96.4 Å². The normalized spacial score (nSPS) is 19.3. The molecule has 2 aromatic rings. The number of aromatic nitrogens is 1. The summed E-state index contributed by atoms with van der Waals surface area (Å²) in [5.41, 5.74) is 2.72. The molecule has 1 atom stereocenters. The van der Waals surface area contributed by atoms with Crippen molar-refractivity contribution in [3.63, 3.8) is 0 Å². The van der Waals surface area contributed by atoms with Crippen molar-refractivity contribution in [1.82, 2.24) is 15.4 Å². The average molecular weight is 349 g/mol. The Kier molecular flexibility index (Phi) is 4.02. The lowest BCUT2D eigenvalue weighted by molar-refractivity contribution is -0.130. The van der Waals surface area contributed by atoms with E-state index < -0.39 is 38.6 Å². The van der Waals surface area contributed by atoms with Crippen LogP contribution in [0.2, 0.25) is 0 Å². The molecule has 2 amide bonds. The van der Waals surface area contributed by atoms with Crippen LogP contribution in [0.5, 0.6) is 0 Å². The van der Waals surface area contributed by atoms with Gasteiger partial charge in [0.25, 0.3) is 11.8 Å². The Labute approximate surface area is 137 Å². The molecule has 0 spiro atoms. The number of nitrogens with zero attached hydrogens (tertiary/aromatic N) is 2. The molecule has 1 aliphatic rings. The highest BCUT2D eigenvalue weighted by atomic mass is 32.2. The molecule has 1 saturated heterocycles. The molecule has 24 heavy (non-hydrogen) atoms. The van der Waals surface area contributed by atoms with Crippen LogP contribution in [0, 0.1) is 5.82 Å². The van der Waals surface area contributed by atoms with E-state index in [0.29, 0.717) is 0 Å². The zero-order valence-electron chi connectivity index (χ0n) is 12.2. The fourth-order valence-corrected chi connectivity index (χ4v) is 4.10. The van der Waals surface area contributed by atoms with E-state index in [1.54, 1.807) is 0 Å². The second-order valence-corrected chi connectivity index (χ2v) is 7.21. The lowest BCUT2D eigenvalue weighted by Crippen LogP contribution is -2.45. The fraction of sp³-hybridized carbons (Fsp3) is 0.133. The largest absolute Gasteiger partial charge is 0.272 e. The monoisotopic (exact) mass is 349 g/mol. The first-order valence-corrected chi connectivity index (χ1v) is 8.60. The van der Waals surface area contributed by atoms with Crippen molar-refractivity contribution in [3.8, 4) is 0 Å². The molecule has 2 heterocycles. The minimum Gasteiger partial charge on any atom is -0.272 e. The molecule has 1 aromatic heterocycles. The fourth-order valence-electron chi connectivity index (χ4n) is 2.39. The quantitative estimate of drug-likeness (QED) is 0.885. The van der Waals surface area contributed by atoms with Crippen molar-refractivity contribution in [2.24, 2.45) is 0 Å². The number of halogens is 1. The maximum Gasteiger partial charge on any atom is 0.270 e. The summed E-state index contributed by atoms with van der Waals surface area (Å²) < 4.78 is 37.6. The van der Waals surface area contributed by atoms with Gasteiger partial charge in [0.05, 0.1) is 0 Å². The molecule has 1 aromatic carbocycles. The summed E-state index contributed by atoms with van der Waals surface area (Å²) in [4.78, 5) is 28.0. The maximum atomic E-state index is 13.1. The van der Waals surface area contributed by atoms with Gasteiger partial charge in [-0.2, -0.15) is 0 Å². The van der Waals surface area contributed by atoms with Gasteiger partial charge in [0.1, 0.15) is 11.6 Å². The summed E-state index contributed by atoms with van der Waals surface area (Å²) in [7, 11) is -3.85. The number of carbonyl (C=O) groups excluding carboxylic acids is 2. The molecule has 1 unspecified atom stereocenters. The van der Waals surface area contributed by atoms with Gasteiger partial charge in [0.15, 0.2) is 15.2 Å². The summed E-state index contributed by atoms with van der Waals surface area (Å²) in [6, 6.07) is 7.57. The first kappa shape index (κ1) is 16.1. The van der Waals surface area contributed by atoms with Crippen LogP contribution in [0.1, 0.15) is 21.3 Å². The summed E-state index contributed by atoms with van der Waals surface area (Å²) in [6.07, 6.45) is 2.80. The van der Waals surface area contributed by atoms with Gasteiger partial charge in [0, 0.05) is 18.0 Å². The van der Waals surface area contributed by atoms with Gasteiger partial charge in [-0.25, -0.2) is 17.8 Å². The van der Waals surface area contributed by atoms with E-state index in [2.05, 4.69) is 10.4 Å². The zero-order chi connectivity index (χ0) is 17.3. The van der Waals surface area contributed by atoms with Crippen molar-refractivity contribution in [1.29, 1.82) is 0 Å². The Morgan fingerprint density at radius 2 is 1.79 bits per heavy atom. The number of rotatable bonds is 3. The third-order valence-electron chi connectivity index (χ3n) is 3.49. The standard InChI is InChI=1S/C15H12FN3O4S/c16-12-3-1-11(2-4-12)15-19(13(20)9-24(15,22)23)18-14(21)10-5-7-17-8-6-10/h1-8,15H,9H2,(H,18,21). The van der Waals surface area contributed by atoms with Crippen LogP contribution >= 0.6 is 0 Å². The van der Waals surface area contributed by atoms with E-state index in [4.69, 9.17) is 0 Å². The van der Waals surface area contributed by atoms with Crippen molar-refractivity contribution < 1.29 is 22.4 Å². The second-order valence-electron chi connectivity index (χ2n) is 5.15. The van der Waals surface area contributed by atoms with Crippen molar-refractivity contribution >= 4 is 21.7 Å². The SMILES string of the molecule is O=C(NN1C(=O)CS(=O)(=O)C1c1ccc(F)cc1)c1ccncc1. The highest BCUT2D eigenvalue weighted by molar-refractivity contribution is 7.92. The number of amides is 2. The van der Waals surface area contributed by atoms with Crippen LogP contribution in [0.4, 0.5) is 4.39 Å². The van der Waals surface area contributed by atoms with Crippen molar-refractivity contribution in [3.05, 3.63) is 65.7 Å². The van der Waals surface area contributed by atoms with Crippen molar-refractivity contribution in [2.75, 3.05) is 5.75 Å². The molecule has 7 nitrogen and oxygen atoms in total. The number of hydrogen-bond acceptors (Lipinski definition) is 5. The second kappa shape index (κ2) is 6.00. The minimum absolute atomic E-state index is 0.192. The van der Waals surface area contributed by atoms with Crippen LogP contribution < -0.4 is 5.43 Å². The number of hydrazine groups is 1. The summed E-state index contributed by atoms with van der Waals surface area (Å²) in [5, 5.41) is -0.623. The van der Waals surface area contributed by atoms with Crippen molar-refractivity contribution in [2.45, 2.75) is 5.37 Å². The number of nitrogens with one attached hydrogen (secondary N) is 1. The van der Waals surface area contributed by atoms with E-state index in [-0.39, 0.29) is 11.1 Å². The van der Waals surface area contributed by atoms with Crippen LogP contribution in [0.25, 0.3) is 0 Å². The Balaban J connectivity index is 1.93. The molecule has 3 rings (SSSR count). The van der Waals surface area contributed by atoms with E-state index in [9.17, 15) is 22.4 Å². The summed E-state index contributed by atoms with van der Waals surface area (Å²) in [5.74, 6) is -2.67. The third-order valence-corrected chi connectivity index (χ3v) is 5.30. The van der Waals surface area contributed by atoms with Gasteiger partial charge >= 0.3 is 0 Å². The Morgan fingerprint density at radius 1 is 1.17 bits per heavy atom. The van der Waals surface area contributed by atoms with Gasteiger partial charge in [-0.1, -0.05) is 12.1 Å². The van der Waals surface area contributed by atoms with Gasteiger partial charge in [-0.05, 0) is 29.8 Å². The van der Waals surface area contributed by atoms with Gasteiger partial charge in [-0.15, -0.1) is 0 Å². The lowest BCUT2D eigenvalue weighted by atomic mass is 10.2. The molecule has 0 aliphatic carbocycles. The molecule has 0 saturated carbocycles. The highest BCUT2D eigenvalue weighted by Gasteiger charge is 2.46. The predicted molar refractivity (Wildman–Crippen MR) is 81.5 cm³/mol. The summed E-state index contributed by atoms with van der Waals surface area (Å²) in [6.45, 7) is 0. The van der Waals surface area contributed by atoms with Crippen LogP contribution in [0.15, 0.2) is 48.8 Å². The number of sulfone groups is 1. The lowest BCUT2D eigenvalue weighted by Gasteiger charge is -2.24. The van der Waals surface area contributed by atoms with Gasteiger partial charge in [-0.3, -0.25) is 20.0 Å². The number of pyridine rings is 1. The van der Waals surface area contributed by atoms with Crippen LogP contribution in [-0.2, 0) is 14.6 Å². The van der Waals surface area contributed by atoms with E-state index in [1.165, 1.54) is 36.7 Å². The van der Waals surface area contributed by atoms with E-state index in [0.717, 1.165) is 17.1 Å². The molecule has 0 radical (unpaired) electrons.